The highest BCUT2D eigenvalue weighted by molar-refractivity contribution is 4.86. The van der Waals surface area contributed by atoms with E-state index >= 15 is 0 Å². The van der Waals surface area contributed by atoms with E-state index in [1.54, 1.807) is 0 Å². The maximum absolute atomic E-state index is 2.49. The first-order chi connectivity index (χ1) is 5.23. The maximum atomic E-state index is 2.49. The molecule has 0 heterocycles. The third kappa shape index (κ3) is 1.77. The summed E-state index contributed by atoms with van der Waals surface area (Å²) >= 11 is 0. The summed E-state index contributed by atoms with van der Waals surface area (Å²) in [6.45, 7) is 7.15. The van der Waals surface area contributed by atoms with Crippen molar-refractivity contribution in [2.24, 2.45) is 11.3 Å². The van der Waals surface area contributed by atoms with E-state index in [1.165, 1.54) is 38.5 Å². The van der Waals surface area contributed by atoms with Crippen molar-refractivity contribution in [3.8, 4) is 0 Å². The van der Waals surface area contributed by atoms with Gasteiger partial charge in [0.25, 0.3) is 0 Å². The van der Waals surface area contributed by atoms with Crippen LogP contribution in [0.5, 0.6) is 0 Å². The lowest BCUT2D eigenvalue weighted by Crippen LogP contribution is -2.31. The van der Waals surface area contributed by atoms with E-state index in [0.29, 0.717) is 5.41 Å². The Kier molecular flexibility index (Phi) is 2.98. The molecular formula is C11H22. The Balaban J connectivity index is 2.43. The molecule has 0 saturated heterocycles. The Morgan fingerprint density at radius 1 is 1.27 bits per heavy atom. The van der Waals surface area contributed by atoms with Crippen molar-refractivity contribution in [3.05, 3.63) is 0 Å². The summed E-state index contributed by atoms with van der Waals surface area (Å²) in [7, 11) is 0. The summed E-state index contributed by atoms with van der Waals surface area (Å²) in [5, 5.41) is 0. The minimum atomic E-state index is 0.688. The minimum Gasteiger partial charge on any atom is -0.0654 e. The van der Waals surface area contributed by atoms with E-state index in [4.69, 9.17) is 0 Å². The second kappa shape index (κ2) is 3.60. The molecule has 1 aliphatic rings. The molecule has 0 N–H and O–H groups in total. The van der Waals surface area contributed by atoms with Crippen LogP contribution in [0.2, 0.25) is 0 Å². The van der Waals surface area contributed by atoms with Crippen molar-refractivity contribution < 1.29 is 0 Å². The van der Waals surface area contributed by atoms with Gasteiger partial charge in [-0.15, -0.1) is 0 Å². The van der Waals surface area contributed by atoms with Crippen LogP contribution in [0.4, 0.5) is 0 Å². The van der Waals surface area contributed by atoms with E-state index < -0.39 is 0 Å². The number of hydrogen-bond acceptors (Lipinski definition) is 0. The molecule has 0 heteroatoms. The van der Waals surface area contributed by atoms with Gasteiger partial charge in [-0.25, -0.2) is 0 Å². The number of rotatable bonds is 4. The van der Waals surface area contributed by atoms with Crippen LogP contribution in [0.15, 0.2) is 0 Å². The second-order valence-electron chi connectivity index (χ2n) is 4.39. The molecule has 1 saturated carbocycles. The van der Waals surface area contributed by atoms with Crippen molar-refractivity contribution in [1.82, 2.24) is 0 Å². The molecule has 1 fully saturated rings. The highest BCUT2D eigenvalue weighted by Crippen LogP contribution is 2.46. The van der Waals surface area contributed by atoms with E-state index in [2.05, 4.69) is 20.8 Å². The molecule has 1 atom stereocenters. The maximum Gasteiger partial charge on any atom is -0.0300 e. The third-order valence-corrected chi connectivity index (χ3v) is 3.72. The van der Waals surface area contributed by atoms with Crippen LogP contribution in [-0.2, 0) is 0 Å². The summed E-state index contributed by atoms with van der Waals surface area (Å²) in [6.07, 6.45) is 8.68. The highest BCUT2D eigenvalue weighted by Gasteiger charge is 2.35. The quantitative estimate of drug-likeness (QED) is 0.574. The van der Waals surface area contributed by atoms with Gasteiger partial charge >= 0.3 is 0 Å². The van der Waals surface area contributed by atoms with Crippen LogP contribution < -0.4 is 0 Å². The molecule has 0 aromatic carbocycles. The molecule has 0 amide bonds. The molecule has 0 aromatic rings. The highest BCUT2D eigenvalue weighted by atomic mass is 14.4. The van der Waals surface area contributed by atoms with Crippen LogP contribution in [0.1, 0.15) is 59.3 Å². The van der Waals surface area contributed by atoms with Gasteiger partial charge < -0.3 is 0 Å². The SMILES string of the molecule is CCCC(C)(CC)C1CCC1. The zero-order valence-electron chi connectivity index (χ0n) is 8.32. The Morgan fingerprint density at radius 3 is 2.18 bits per heavy atom. The first kappa shape index (κ1) is 9.09. The molecule has 0 radical (unpaired) electrons. The second-order valence-corrected chi connectivity index (χ2v) is 4.39. The smallest absolute Gasteiger partial charge is 0.0300 e. The zero-order valence-corrected chi connectivity index (χ0v) is 8.32. The van der Waals surface area contributed by atoms with Gasteiger partial charge in [0.1, 0.15) is 0 Å². The molecular weight excluding hydrogens is 132 g/mol. The minimum absolute atomic E-state index is 0.688. The van der Waals surface area contributed by atoms with Gasteiger partial charge in [0.15, 0.2) is 0 Å². The average molecular weight is 154 g/mol. The van der Waals surface area contributed by atoms with Crippen molar-refractivity contribution >= 4 is 0 Å². The molecule has 0 aromatic heterocycles. The largest absolute Gasteiger partial charge is 0.0654 e. The summed E-state index contributed by atoms with van der Waals surface area (Å²) in [6, 6.07) is 0. The van der Waals surface area contributed by atoms with Crippen LogP contribution >= 0.6 is 0 Å². The standard InChI is InChI=1S/C11H22/c1-4-9-11(3,5-2)10-7-6-8-10/h10H,4-9H2,1-3H3. The lowest BCUT2D eigenvalue weighted by molar-refractivity contribution is 0.0858. The van der Waals surface area contributed by atoms with Crippen molar-refractivity contribution in [2.75, 3.05) is 0 Å². The summed E-state index contributed by atoms with van der Waals surface area (Å²) in [4.78, 5) is 0. The molecule has 66 valence electrons. The zero-order chi connectivity index (χ0) is 8.32. The topological polar surface area (TPSA) is 0 Å². The van der Waals surface area contributed by atoms with E-state index in [9.17, 15) is 0 Å². The molecule has 1 unspecified atom stereocenters. The first-order valence-electron chi connectivity index (χ1n) is 5.23. The van der Waals surface area contributed by atoms with E-state index in [-0.39, 0.29) is 0 Å². The lowest BCUT2D eigenvalue weighted by atomic mass is 9.63. The van der Waals surface area contributed by atoms with Crippen LogP contribution in [0.3, 0.4) is 0 Å². The Labute approximate surface area is 71.4 Å². The molecule has 0 bridgehead atoms. The van der Waals surface area contributed by atoms with Crippen molar-refractivity contribution in [2.45, 2.75) is 59.3 Å². The van der Waals surface area contributed by atoms with Gasteiger partial charge in [0.2, 0.25) is 0 Å². The fourth-order valence-corrected chi connectivity index (χ4v) is 2.35. The van der Waals surface area contributed by atoms with Crippen LogP contribution in [0.25, 0.3) is 0 Å². The summed E-state index contributed by atoms with van der Waals surface area (Å²) < 4.78 is 0. The molecule has 1 aliphatic carbocycles. The molecule has 0 aliphatic heterocycles. The van der Waals surface area contributed by atoms with Crippen molar-refractivity contribution in [3.63, 3.8) is 0 Å². The third-order valence-electron chi connectivity index (χ3n) is 3.72. The fraction of sp³-hybridized carbons (Fsp3) is 1.00. The van der Waals surface area contributed by atoms with Gasteiger partial charge in [-0.1, -0.05) is 40.0 Å². The van der Waals surface area contributed by atoms with Gasteiger partial charge in [-0.05, 0) is 30.6 Å². The Morgan fingerprint density at radius 2 is 1.91 bits per heavy atom. The van der Waals surface area contributed by atoms with E-state index in [1.807, 2.05) is 0 Å². The van der Waals surface area contributed by atoms with Crippen LogP contribution in [0, 0.1) is 11.3 Å². The fourth-order valence-electron chi connectivity index (χ4n) is 2.35. The van der Waals surface area contributed by atoms with Gasteiger partial charge in [0.05, 0.1) is 0 Å². The van der Waals surface area contributed by atoms with Crippen LogP contribution in [-0.4, -0.2) is 0 Å². The molecule has 1 rings (SSSR count). The van der Waals surface area contributed by atoms with Gasteiger partial charge in [-0.3, -0.25) is 0 Å². The Bertz CT molecular complexity index is 113. The van der Waals surface area contributed by atoms with E-state index in [0.717, 1.165) is 5.92 Å². The average Bonchev–Trinajstić information content (AvgIpc) is 1.84. The Hall–Kier alpha value is 0. The monoisotopic (exact) mass is 154 g/mol. The van der Waals surface area contributed by atoms with Crippen molar-refractivity contribution in [1.29, 1.82) is 0 Å². The molecule has 0 spiro atoms. The molecule has 11 heavy (non-hydrogen) atoms. The molecule has 0 nitrogen and oxygen atoms in total. The predicted molar refractivity (Wildman–Crippen MR) is 50.6 cm³/mol. The summed E-state index contributed by atoms with van der Waals surface area (Å²) in [5.41, 5.74) is 0.688. The van der Waals surface area contributed by atoms with Gasteiger partial charge in [0, 0.05) is 0 Å². The summed E-state index contributed by atoms with van der Waals surface area (Å²) in [5.74, 6) is 1.06. The number of hydrogen-bond donors (Lipinski definition) is 0. The normalized spacial score (nSPS) is 24.3. The first-order valence-corrected chi connectivity index (χ1v) is 5.23. The predicted octanol–water partition coefficient (Wildman–Crippen LogP) is 4.00. The van der Waals surface area contributed by atoms with Gasteiger partial charge in [-0.2, -0.15) is 0 Å². The lowest BCUT2D eigenvalue weighted by Gasteiger charge is -2.42.